The highest BCUT2D eigenvalue weighted by Crippen LogP contribution is 2.31. The van der Waals surface area contributed by atoms with Crippen molar-refractivity contribution >= 4 is 11.7 Å². The summed E-state index contributed by atoms with van der Waals surface area (Å²) in [6.07, 6.45) is -0.886. The molecule has 0 aromatic carbocycles. The van der Waals surface area contributed by atoms with E-state index in [1.54, 1.807) is 6.07 Å². The van der Waals surface area contributed by atoms with Crippen molar-refractivity contribution in [3.63, 3.8) is 0 Å². The van der Waals surface area contributed by atoms with Gasteiger partial charge in [0.2, 0.25) is 5.89 Å². The fraction of sp³-hybridized carbons (Fsp3) is 0.125. The minimum atomic E-state index is -4.63. The van der Waals surface area contributed by atoms with Crippen molar-refractivity contribution in [2.45, 2.75) is 12.7 Å². The lowest BCUT2D eigenvalue weighted by atomic mass is 10.2. The summed E-state index contributed by atoms with van der Waals surface area (Å²) in [5, 5.41) is 11.5. The van der Waals surface area contributed by atoms with Crippen molar-refractivity contribution in [1.82, 2.24) is 25.3 Å². The van der Waals surface area contributed by atoms with E-state index in [9.17, 15) is 23.2 Å². The van der Waals surface area contributed by atoms with Gasteiger partial charge in [-0.25, -0.2) is 15.0 Å². The molecular formula is C16H10F3N7O2. The zero-order valence-corrected chi connectivity index (χ0v) is 13.9. The van der Waals surface area contributed by atoms with E-state index in [4.69, 9.17) is 10.2 Å². The van der Waals surface area contributed by atoms with E-state index >= 15 is 0 Å². The highest BCUT2D eigenvalue weighted by atomic mass is 19.4. The van der Waals surface area contributed by atoms with Crippen molar-refractivity contribution in [3.8, 4) is 17.7 Å². The largest absolute Gasteiger partial charge is 0.443 e. The minimum Gasteiger partial charge on any atom is -0.443 e. The van der Waals surface area contributed by atoms with Gasteiger partial charge in [0, 0.05) is 6.20 Å². The van der Waals surface area contributed by atoms with Gasteiger partial charge in [0.15, 0.2) is 22.9 Å². The van der Waals surface area contributed by atoms with Gasteiger partial charge in [-0.3, -0.25) is 9.78 Å². The average molecular weight is 389 g/mol. The number of halogens is 3. The standard InChI is InChI=1S/C16H10F3N7O2/c17-16(18,19)8-2-1-3-22-10(8)7-24-14(27)12-13(21)26-11(9(6-20)25-12)15-23-4-5-28-15/h1-5H,7H2,(H2,21,26)(H,24,27). The first-order chi connectivity index (χ1) is 13.3. The molecule has 142 valence electrons. The maximum Gasteiger partial charge on any atom is 0.418 e. The van der Waals surface area contributed by atoms with Crippen LogP contribution in [-0.2, 0) is 12.7 Å². The second kappa shape index (κ2) is 7.31. The number of alkyl halides is 3. The van der Waals surface area contributed by atoms with Crippen LogP contribution in [0, 0.1) is 11.3 Å². The monoisotopic (exact) mass is 389 g/mol. The van der Waals surface area contributed by atoms with E-state index < -0.39 is 29.9 Å². The summed E-state index contributed by atoms with van der Waals surface area (Å²) in [5.41, 5.74) is 3.58. The lowest BCUT2D eigenvalue weighted by molar-refractivity contribution is -0.138. The molecule has 0 aliphatic carbocycles. The summed E-state index contributed by atoms with van der Waals surface area (Å²) in [7, 11) is 0. The van der Waals surface area contributed by atoms with Gasteiger partial charge in [0.1, 0.15) is 12.3 Å². The van der Waals surface area contributed by atoms with Crippen molar-refractivity contribution in [2.75, 3.05) is 5.73 Å². The molecule has 3 N–H and O–H groups in total. The second-order valence-electron chi connectivity index (χ2n) is 5.28. The van der Waals surface area contributed by atoms with Crippen LogP contribution in [0.25, 0.3) is 11.6 Å². The van der Waals surface area contributed by atoms with Crippen LogP contribution in [-0.4, -0.2) is 25.8 Å². The number of nitriles is 1. The van der Waals surface area contributed by atoms with E-state index in [0.717, 1.165) is 12.1 Å². The summed E-state index contributed by atoms with van der Waals surface area (Å²) in [5.74, 6) is -1.29. The molecule has 1 amide bonds. The Hall–Kier alpha value is -4.01. The number of carbonyl (C=O) groups is 1. The Morgan fingerprint density at radius 1 is 1.29 bits per heavy atom. The molecule has 3 aromatic rings. The number of hydrogen-bond donors (Lipinski definition) is 2. The van der Waals surface area contributed by atoms with Crippen molar-refractivity contribution in [1.29, 1.82) is 5.26 Å². The van der Waals surface area contributed by atoms with E-state index in [1.165, 1.54) is 18.7 Å². The fourth-order valence-electron chi connectivity index (χ4n) is 2.27. The third-order valence-corrected chi connectivity index (χ3v) is 3.49. The summed E-state index contributed by atoms with van der Waals surface area (Å²) in [6, 6.07) is 3.72. The third-order valence-electron chi connectivity index (χ3n) is 3.49. The Bertz CT molecular complexity index is 1060. The van der Waals surface area contributed by atoms with Crippen LogP contribution in [0.3, 0.4) is 0 Å². The summed E-state index contributed by atoms with van der Waals surface area (Å²) < 4.78 is 44.0. The van der Waals surface area contributed by atoms with Crippen molar-refractivity contribution < 1.29 is 22.4 Å². The summed E-state index contributed by atoms with van der Waals surface area (Å²) in [6.45, 7) is -0.529. The van der Waals surface area contributed by atoms with Crippen LogP contribution < -0.4 is 11.1 Å². The molecule has 28 heavy (non-hydrogen) atoms. The third kappa shape index (κ3) is 3.73. The Labute approximate surface area is 155 Å². The number of hydrogen-bond acceptors (Lipinski definition) is 8. The van der Waals surface area contributed by atoms with Crippen LogP contribution in [0.4, 0.5) is 19.0 Å². The number of aromatic nitrogens is 4. The molecule has 9 nitrogen and oxygen atoms in total. The van der Waals surface area contributed by atoms with Gasteiger partial charge in [0.05, 0.1) is 24.0 Å². The number of pyridine rings is 1. The molecule has 3 heterocycles. The number of nitrogens with one attached hydrogen (secondary N) is 1. The molecule has 12 heteroatoms. The van der Waals surface area contributed by atoms with Gasteiger partial charge in [-0.1, -0.05) is 0 Å². The summed E-state index contributed by atoms with van der Waals surface area (Å²) >= 11 is 0. The van der Waals surface area contributed by atoms with E-state index in [1.807, 2.05) is 0 Å². The SMILES string of the molecule is N#Cc1nc(C(=O)NCc2ncccc2C(F)(F)F)c(N)nc1-c1ncco1. The van der Waals surface area contributed by atoms with Crippen LogP contribution >= 0.6 is 0 Å². The predicted octanol–water partition coefficient (Wildman–Crippen LogP) is 1.93. The number of amides is 1. The Morgan fingerprint density at radius 2 is 2.07 bits per heavy atom. The quantitative estimate of drug-likeness (QED) is 0.689. The van der Waals surface area contributed by atoms with Gasteiger partial charge in [-0.2, -0.15) is 18.4 Å². The molecule has 3 aromatic heterocycles. The molecule has 0 radical (unpaired) electrons. The summed E-state index contributed by atoms with van der Waals surface area (Å²) in [4.78, 5) is 27.5. The number of rotatable bonds is 4. The first-order valence-corrected chi connectivity index (χ1v) is 7.58. The van der Waals surface area contributed by atoms with Crippen LogP contribution in [0.15, 0.2) is 35.2 Å². The van der Waals surface area contributed by atoms with Crippen LogP contribution in [0.2, 0.25) is 0 Å². The van der Waals surface area contributed by atoms with E-state index in [0.29, 0.717) is 0 Å². The molecule has 0 aliphatic rings. The number of anilines is 1. The second-order valence-corrected chi connectivity index (χ2v) is 5.28. The van der Waals surface area contributed by atoms with Gasteiger partial charge in [0.25, 0.3) is 5.91 Å². The van der Waals surface area contributed by atoms with Gasteiger partial charge in [-0.05, 0) is 12.1 Å². The first-order valence-electron chi connectivity index (χ1n) is 7.58. The predicted molar refractivity (Wildman–Crippen MR) is 87.1 cm³/mol. The molecule has 0 aliphatic heterocycles. The molecule has 0 fully saturated rings. The number of nitrogens with two attached hydrogens (primary N) is 1. The molecule has 0 unspecified atom stereocenters. The fourth-order valence-corrected chi connectivity index (χ4v) is 2.27. The highest BCUT2D eigenvalue weighted by Gasteiger charge is 2.34. The number of carbonyl (C=O) groups excluding carboxylic acids is 1. The van der Waals surface area contributed by atoms with Gasteiger partial charge >= 0.3 is 6.18 Å². The molecule has 0 saturated heterocycles. The van der Waals surface area contributed by atoms with E-state index in [2.05, 4.69) is 25.3 Å². The molecule has 0 bridgehead atoms. The zero-order valence-electron chi connectivity index (χ0n) is 13.9. The van der Waals surface area contributed by atoms with Crippen LogP contribution in [0.5, 0.6) is 0 Å². The average Bonchev–Trinajstić information content (AvgIpc) is 3.20. The molecule has 0 saturated carbocycles. The van der Waals surface area contributed by atoms with Crippen molar-refractivity contribution in [3.05, 3.63) is 53.4 Å². The molecular weight excluding hydrogens is 379 g/mol. The molecule has 0 spiro atoms. The van der Waals surface area contributed by atoms with Crippen LogP contribution in [0.1, 0.15) is 27.4 Å². The number of nitrogens with zero attached hydrogens (tertiary/aromatic N) is 5. The van der Waals surface area contributed by atoms with E-state index in [-0.39, 0.29) is 28.8 Å². The van der Waals surface area contributed by atoms with Gasteiger partial charge < -0.3 is 15.5 Å². The molecule has 3 rings (SSSR count). The lowest BCUT2D eigenvalue weighted by Crippen LogP contribution is -2.27. The van der Waals surface area contributed by atoms with Gasteiger partial charge in [-0.15, -0.1) is 0 Å². The Kier molecular flexibility index (Phi) is 4.90. The Balaban J connectivity index is 1.86. The normalized spacial score (nSPS) is 11.1. The smallest absolute Gasteiger partial charge is 0.418 e. The Morgan fingerprint density at radius 3 is 2.71 bits per heavy atom. The maximum atomic E-state index is 13.0. The molecule has 0 atom stereocenters. The first kappa shape index (κ1) is 18.8. The maximum absolute atomic E-state index is 13.0. The van der Waals surface area contributed by atoms with Crippen molar-refractivity contribution in [2.24, 2.45) is 0 Å². The zero-order chi connectivity index (χ0) is 20.3. The topological polar surface area (TPSA) is 144 Å². The lowest BCUT2D eigenvalue weighted by Gasteiger charge is -2.12. The highest BCUT2D eigenvalue weighted by molar-refractivity contribution is 5.96. The number of nitrogen functional groups attached to an aromatic ring is 1. The minimum absolute atomic E-state index is 0.0222. The number of oxazole rings is 1.